The van der Waals surface area contributed by atoms with Crippen LogP contribution in [-0.2, 0) is 0 Å². The zero-order valence-corrected chi connectivity index (χ0v) is 13.8. The Balaban J connectivity index is 1.70. The number of hydrogen-bond donors (Lipinski definition) is 0. The summed E-state index contributed by atoms with van der Waals surface area (Å²) in [6, 6.07) is 11.9. The normalized spacial score (nSPS) is 14.9. The predicted molar refractivity (Wildman–Crippen MR) is 91.0 cm³/mol. The molecule has 0 aliphatic carbocycles. The van der Waals surface area contributed by atoms with Gasteiger partial charge in [-0.3, -0.25) is 4.79 Å². The smallest absolute Gasteiger partial charge is 0.258 e. The Kier molecular flexibility index (Phi) is 4.74. The Morgan fingerprint density at radius 2 is 1.70 bits per heavy atom. The minimum atomic E-state index is -0.584. The number of amides is 1. The molecule has 3 rings (SSSR count). The monoisotopic (exact) mass is 352 g/mol. The van der Waals surface area contributed by atoms with Crippen molar-refractivity contribution in [1.82, 2.24) is 4.90 Å². The number of piperazine rings is 1. The highest BCUT2D eigenvalue weighted by atomic mass is 35.5. The molecular formula is C17H15Cl2FN2O. The summed E-state index contributed by atoms with van der Waals surface area (Å²) in [6.07, 6.45) is 0. The van der Waals surface area contributed by atoms with Gasteiger partial charge >= 0.3 is 0 Å². The largest absolute Gasteiger partial charge is 0.368 e. The molecule has 120 valence electrons. The van der Waals surface area contributed by atoms with Gasteiger partial charge in [0.05, 0.1) is 10.6 Å². The molecule has 6 heteroatoms. The van der Waals surface area contributed by atoms with Crippen molar-refractivity contribution in [1.29, 1.82) is 0 Å². The van der Waals surface area contributed by atoms with Gasteiger partial charge in [0.25, 0.3) is 5.91 Å². The lowest BCUT2D eigenvalue weighted by atomic mass is 10.1. The van der Waals surface area contributed by atoms with Crippen LogP contribution in [0.1, 0.15) is 10.4 Å². The second-order valence-electron chi connectivity index (χ2n) is 5.36. The molecule has 0 unspecified atom stereocenters. The molecule has 0 bridgehead atoms. The van der Waals surface area contributed by atoms with Crippen molar-refractivity contribution in [2.24, 2.45) is 0 Å². The van der Waals surface area contributed by atoms with E-state index in [4.69, 9.17) is 23.2 Å². The topological polar surface area (TPSA) is 23.6 Å². The molecule has 0 atom stereocenters. The third-order valence-corrected chi connectivity index (χ3v) is 4.47. The lowest BCUT2D eigenvalue weighted by molar-refractivity contribution is 0.0742. The maximum atomic E-state index is 13.9. The van der Waals surface area contributed by atoms with E-state index in [2.05, 4.69) is 4.90 Å². The van der Waals surface area contributed by atoms with Crippen LogP contribution < -0.4 is 4.90 Å². The van der Waals surface area contributed by atoms with Crippen LogP contribution in [0.3, 0.4) is 0 Å². The van der Waals surface area contributed by atoms with E-state index in [0.29, 0.717) is 31.2 Å². The lowest BCUT2D eigenvalue weighted by Gasteiger charge is -2.36. The molecule has 0 radical (unpaired) electrons. The Labute approximate surface area is 144 Å². The number of anilines is 1. The van der Waals surface area contributed by atoms with Crippen LogP contribution in [0.5, 0.6) is 0 Å². The van der Waals surface area contributed by atoms with Gasteiger partial charge in [-0.2, -0.15) is 0 Å². The Hall–Kier alpha value is -1.78. The summed E-state index contributed by atoms with van der Waals surface area (Å²) in [7, 11) is 0. The van der Waals surface area contributed by atoms with Crippen molar-refractivity contribution in [3.63, 3.8) is 0 Å². The summed E-state index contributed by atoms with van der Waals surface area (Å²) in [6.45, 7) is 2.35. The van der Waals surface area contributed by atoms with Crippen LogP contribution in [0.25, 0.3) is 0 Å². The van der Waals surface area contributed by atoms with Crippen molar-refractivity contribution in [2.45, 2.75) is 0 Å². The van der Waals surface area contributed by atoms with Crippen molar-refractivity contribution in [2.75, 3.05) is 31.1 Å². The zero-order valence-electron chi connectivity index (χ0n) is 12.3. The summed E-state index contributed by atoms with van der Waals surface area (Å²) < 4.78 is 13.9. The average molecular weight is 353 g/mol. The first-order chi connectivity index (χ1) is 11.1. The number of halogens is 3. The third-order valence-electron chi connectivity index (χ3n) is 3.92. The number of hydrogen-bond acceptors (Lipinski definition) is 2. The zero-order chi connectivity index (χ0) is 16.4. The molecule has 1 aliphatic rings. The van der Waals surface area contributed by atoms with Crippen LogP contribution in [0.4, 0.5) is 10.1 Å². The minimum absolute atomic E-state index is 0.0506. The van der Waals surface area contributed by atoms with Gasteiger partial charge in [-0.25, -0.2) is 4.39 Å². The van der Waals surface area contributed by atoms with Crippen molar-refractivity contribution < 1.29 is 9.18 Å². The van der Waals surface area contributed by atoms with Crippen LogP contribution in [0.15, 0.2) is 42.5 Å². The van der Waals surface area contributed by atoms with E-state index in [-0.39, 0.29) is 16.5 Å². The van der Waals surface area contributed by atoms with Crippen LogP contribution in [0, 0.1) is 5.82 Å². The Morgan fingerprint density at radius 1 is 1.00 bits per heavy atom. The van der Waals surface area contributed by atoms with E-state index >= 15 is 0 Å². The molecular weight excluding hydrogens is 338 g/mol. The molecule has 2 aromatic rings. The fourth-order valence-electron chi connectivity index (χ4n) is 2.70. The first kappa shape index (κ1) is 16.1. The lowest BCUT2D eigenvalue weighted by Crippen LogP contribution is -2.49. The fraction of sp³-hybridized carbons (Fsp3) is 0.235. The molecule has 1 heterocycles. The molecule has 1 saturated heterocycles. The average Bonchev–Trinajstić information content (AvgIpc) is 2.55. The van der Waals surface area contributed by atoms with Gasteiger partial charge in [0.1, 0.15) is 5.82 Å². The molecule has 23 heavy (non-hydrogen) atoms. The van der Waals surface area contributed by atoms with Gasteiger partial charge in [0.15, 0.2) is 0 Å². The molecule has 0 saturated carbocycles. The SMILES string of the molecule is O=C(c1c(F)cccc1Cl)N1CCN(c2cccc(Cl)c2)CC1. The van der Waals surface area contributed by atoms with Crippen molar-refractivity contribution >= 4 is 34.8 Å². The van der Waals surface area contributed by atoms with Gasteiger partial charge in [-0.05, 0) is 30.3 Å². The molecule has 0 N–H and O–H groups in total. The highest BCUT2D eigenvalue weighted by Crippen LogP contribution is 2.24. The first-order valence-corrected chi connectivity index (χ1v) is 8.05. The summed E-state index contributed by atoms with van der Waals surface area (Å²) >= 11 is 12.0. The molecule has 0 spiro atoms. The maximum Gasteiger partial charge on any atom is 0.258 e. The van der Waals surface area contributed by atoms with Crippen molar-refractivity contribution in [3.8, 4) is 0 Å². The van der Waals surface area contributed by atoms with Gasteiger partial charge in [-0.1, -0.05) is 35.3 Å². The van der Waals surface area contributed by atoms with Crippen LogP contribution >= 0.6 is 23.2 Å². The minimum Gasteiger partial charge on any atom is -0.368 e. The molecule has 0 aromatic heterocycles. The molecule has 1 aliphatic heterocycles. The van der Waals surface area contributed by atoms with E-state index in [1.807, 2.05) is 24.3 Å². The highest BCUT2D eigenvalue weighted by molar-refractivity contribution is 6.33. The maximum absolute atomic E-state index is 13.9. The molecule has 2 aromatic carbocycles. The van der Waals surface area contributed by atoms with E-state index in [1.54, 1.807) is 4.90 Å². The van der Waals surface area contributed by atoms with E-state index < -0.39 is 5.82 Å². The first-order valence-electron chi connectivity index (χ1n) is 7.30. The Bertz CT molecular complexity index is 710. The summed E-state index contributed by atoms with van der Waals surface area (Å²) in [4.78, 5) is 16.3. The summed E-state index contributed by atoms with van der Waals surface area (Å²) in [5.74, 6) is -0.946. The number of carbonyl (C=O) groups is 1. The number of benzene rings is 2. The quantitative estimate of drug-likeness (QED) is 0.812. The van der Waals surface area contributed by atoms with Gasteiger partial charge in [-0.15, -0.1) is 0 Å². The van der Waals surface area contributed by atoms with Gasteiger partial charge in [0, 0.05) is 36.9 Å². The molecule has 1 amide bonds. The highest BCUT2D eigenvalue weighted by Gasteiger charge is 2.25. The van der Waals surface area contributed by atoms with Gasteiger partial charge in [0.2, 0.25) is 0 Å². The van der Waals surface area contributed by atoms with E-state index in [0.717, 1.165) is 5.69 Å². The standard InChI is InChI=1S/C17H15Cl2FN2O/c18-12-3-1-4-13(11-12)21-7-9-22(10-8-21)17(23)16-14(19)5-2-6-15(16)20/h1-6,11H,7-10H2. The number of nitrogens with zero attached hydrogens (tertiary/aromatic N) is 2. The van der Waals surface area contributed by atoms with E-state index in [1.165, 1.54) is 18.2 Å². The summed E-state index contributed by atoms with van der Waals surface area (Å²) in [5.41, 5.74) is 0.971. The van der Waals surface area contributed by atoms with Crippen molar-refractivity contribution in [3.05, 3.63) is 63.9 Å². The molecule has 3 nitrogen and oxygen atoms in total. The third kappa shape index (κ3) is 3.43. The predicted octanol–water partition coefficient (Wildman–Crippen LogP) is 4.09. The second-order valence-corrected chi connectivity index (χ2v) is 6.20. The Morgan fingerprint density at radius 3 is 2.35 bits per heavy atom. The number of rotatable bonds is 2. The molecule has 1 fully saturated rings. The number of carbonyl (C=O) groups excluding carboxylic acids is 1. The fourth-order valence-corrected chi connectivity index (χ4v) is 3.13. The van der Waals surface area contributed by atoms with E-state index in [9.17, 15) is 9.18 Å². The van der Waals surface area contributed by atoms with Gasteiger partial charge < -0.3 is 9.80 Å². The van der Waals surface area contributed by atoms with Crippen LogP contribution in [0.2, 0.25) is 10.0 Å². The summed E-state index contributed by atoms with van der Waals surface area (Å²) in [5, 5.41) is 0.825. The second kappa shape index (κ2) is 6.77. The van der Waals surface area contributed by atoms with Crippen LogP contribution in [-0.4, -0.2) is 37.0 Å².